The average molecular weight is 307 g/mol. The van der Waals surface area contributed by atoms with Crippen molar-refractivity contribution in [2.45, 2.75) is 25.3 Å². The lowest BCUT2D eigenvalue weighted by Crippen LogP contribution is -2.49. The molecular formula is C16H18FNO4. The van der Waals surface area contributed by atoms with Gasteiger partial charge < -0.3 is 19.6 Å². The van der Waals surface area contributed by atoms with Gasteiger partial charge in [-0.25, -0.2) is 4.39 Å². The standard InChI is InChI=1S/C16H18FNO4/c1-10-12-8-11(17)2-3-13(12)22-14(10)15(20)18-16(4-6-19)5-7-21-9-16/h2-3,8,19H,4-7,9H2,1H3,(H,18,20). The molecule has 1 saturated heterocycles. The van der Waals surface area contributed by atoms with Crippen LogP contribution in [0.2, 0.25) is 0 Å². The Morgan fingerprint density at radius 2 is 2.32 bits per heavy atom. The van der Waals surface area contributed by atoms with Crippen molar-refractivity contribution in [2.75, 3.05) is 19.8 Å². The number of halogens is 1. The summed E-state index contributed by atoms with van der Waals surface area (Å²) < 4.78 is 24.2. The summed E-state index contributed by atoms with van der Waals surface area (Å²) in [5.41, 5.74) is 0.510. The molecule has 2 aromatic rings. The lowest BCUT2D eigenvalue weighted by molar-refractivity contribution is 0.0824. The van der Waals surface area contributed by atoms with Gasteiger partial charge in [0.25, 0.3) is 5.91 Å². The van der Waals surface area contributed by atoms with Crippen LogP contribution in [0.5, 0.6) is 0 Å². The van der Waals surface area contributed by atoms with Crippen molar-refractivity contribution in [3.05, 3.63) is 35.3 Å². The predicted octanol–water partition coefficient (Wildman–Crippen LogP) is 2.15. The molecule has 5 nitrogen and oxygen atoms in total. The van der Waals surface area contributed by atoms with E-state index in [0.29, 0.717) is 42.6 Å². The molecule has 2 N–H and O–H groups in total. The first kappa shape index (κ1) is 15.0. The summed E-state index contributed by atoms with van der Waals surface area (Å²) >= 11 is 0. The van der Waals surface area contributed by atoms with Crippen LogP contribution >= 0.6 is 0 Å². The van der Waals surface area contributed by atoms with Crippen LogP contribution < -0.4 is 5.32 Å². The number of furan rings is 1. The predicted molar refractivity (Wildman–Crippen MR) is 78.2 cm³/mol. The fraction of sp³-hybridized carbons (Fsp3) is 0.438. The van der Waals surface area contributed by atoms with Gasteiger partial charge in [0, 0.05) is 24.2 Å². The van der Waals surface area contributed by atoms with Crippen molar-refractivity contribution in [3.63, 3.8) is 0 Å². The Bertz CT molecular complexity index is 703. The lowest BCUT2D eigenvalue weighted by atomic mass is 9.94. The van der Waals surface area contributed by atoms with E-state index in [1.54, 1.807) is 6.92 Å². The van der Waals surface area contributed by atoms with Crippen LogP contribution in [0, 0.1) is 12.7 Å². The first-order valence-corrected chi connectivity index (χ1v) is 7.24. The minimum Gasteiger partial charge on any atom is -0.451 e. The molecule has 0 spiro atoms. The zero-order valence-electron chi connectivity index (χ0n) is 12.3. The second-order valence-corrected chi connectivity index (χ2v) is 5.71. The third kappa shape index (κ3) is 2.60. The number of aliphatic hydroxyl groups is 1. The summed E-state index contributed by atoms with van der Waals surface area (Å²) in [6.45, 7) is 2.61. The number of ether oxygens (including phenoxy) is 1. The Morgan fingerprint density at radius 1 is 1.50 bits per heavy atom. The molecule has 1 unspecified atom stereocenters. The van der Waals surface area contributed by atoms with E-state index in [-0.39, 0.29) is 24.1 Å². The van der Waals surface area contributed by atoms with Crippen molar-refractivity contribution in [1.82, 2.24) is 5.32 Å². The maximum Gasteiger partial charge on any atom is 0.287 e. The number of benzene rings is 1. The van der Waals surface area contributed by atoms with Crippen molar-refractivity contribution >= 4 is 16.9 Å². The third-order valence-corrected chi connectivity index (χ3v) is 4.18. The van der Waals surface area contributed by atoms with Crippen LogP contribution in [0.3, 0.4) is 0 Å². The monoisotopic (exact) mass is 307 g/mol. The van der Waals surface area contributed by atoms with Crippen molar-refractivity contribution in [2.24, 2.45) is 0 Å². The number of aliphatic hydroxyl groups excluding tert-OH is 1. The number of hydrogen-bond donors (Lipinski definition) is 2. The summed E-state index contributed by atoms with van der Waals surface area (Å²) in [6.07, 6.45) is 1.07. The van der Waals surface area contributed by atoms with E-state index in [1.165, 1.54) is 18.2 Å². The van der Waals surface area contributed by atoms with Gasteiger partial charge in [-0.3, -0.25) is 4.79 Å². The molecule has 0 aliphatic carbocycles. The van der Waals surface area contributed by atoms with Gasteiger partial charge in [-0.05, 0) is 38.0 Å². The van der Waals surface area contributed by atoms with Crippen molar-refractivity contribution in [1.29, 1.82) is 0 Å². The van der Waals surface area contributed by atoms with Crippen LogP contribution in [0.25, 0.3) is 11.0 Å². The highest BCUT2D eigenvalue weighted by atomic mass is 19.1. The molecule has 1 fully saturated rings. The van der Waals surface area contributed by atoms with E-state index in [2.05, 4.69) is 5.32 Å². The number of rotatable bonds is 4. The molecule has 118 valence electrons. The Kier molecular flexibility index (Phi) is 3.88. The van der Waals surface area contributed by atoms with Crippen LogP contribution in [-0.2, 0) is 4.74 Å². The molecule has 1 aromatic carbocycles. The number of aryl methyl sites for hydroxylation is 1. The largest absolute Gasteiger partial charge is 0.451 e. The summed E-state index contributed by atoms with van der Waals surface area (Å²) in [4.78, 5) is 12.5. The first-order chi connectivity index (χ1) is 10.5. The number of fused-ring (bicyclic) bond motifs is 1. The second kappa shape index (κ2) is 5.70. The molecule has 1 aliphatic heterocycles. The van der Waals surface area contributed by atoms with Gasteiger partial charge in [0.05, 0.1) is 12.1 Å². The Morgan fingerprint density at radius 3 is 3.00 bits per heavy atom. The van der Waals surface area contributed by atoms with Crippen LogP contribution in [0.1, 0.15) is 29.0 Å². The quantitative estimate of drug-likeness (QED) is 0.908. The fourth-order valence-electron chi connectivity index (χ4n) is 2.89. The molecule has 1 amide bonds. The molecule has 2 heterocycles. The maximum absolute atomic E-state index is 13.3. The molecule has 3 rings (SSSR count). The van der Waals surface area contributed by atoms with Crippen LogP contribution in [0.4, 0.5) is 4.39 Å². The van der Waals surface area contributed by atoms with E-state index in [9.17, 15) is 14.3 Å². The van der Waals surface area contributed by atoms with E-state index in [0.717, 1.165) is 0 Å². The smallest absolute Gasteiger partial charge is 0.287 e. The van der Waals surface area contributed by atoms with E-state index in [4.69, 9.17) is 9.15 Å². The number of carbonyl (C=O) groups excluding carboxylic acids is 1. The molecule has 6 heteroatoms. The van der Waals surface area contributed by atoms with Crippen LogP contribution in [0.15, 0.2) is 22.6 Å². The Labute approximate surface area is 127 Å². The topological polar surface area (TPSA) is 71.7 Å². The second-order valence-electron chi connectivity index (χ2n) is 5.71. The van der Waals surface area contributed by atoms with Gasteiger partial charge in [-0.2, -0.15) is 0 Å². The fourth-order valence-corrected chi connectivity index (χ4v) is 2.89. The van der Waals surface area contributed by atoms with Crippen molar-refractivity contribution in [3.8, 4) is 0 Å². The van der Waals surface area contributed by atoms with Gasteiger partial charge in [-0.1, -0.05) is 0 Å². The summed E-state index contributed by atoms with van der Waals surface area (Å²) in [7, 11) is 0. The molecule has 0 bridgehead atoms. The maximum atomic E-state index is 13.3. The Hall–Kier alpha value is -1.92. The van der Waals surface area contributed by atoms with Gasteiger partial charge in [0.1, 0.15) is 11.4 Å². The average Bonchev–Trinajstić information content (AvgIpc) is 3.05. The van der Waals surface area contributed by atoms with Gasteiger partial charge in [-0.15, -0.1) is 0 Å². The molecule has 0 radical (unpaired) electrons. The Balaban J connectivity index is 1.90. The SMILES string of the molecule is Cc1c(C(=O)NC2(CCO)CCOC2)oc2ccc(F)cc12. The number of amides is 1. The first-order valence-electron chi connectivity index (χ1n) is 7.24. The number of hydrogen-bond acceptors (Lipinski definition) is 4. The highest BCUT2D eigenvalue weighted by Crippen LogP contribution is 2.28. The molecule has 0 saturated carbocycles. The highest BCUT2D eigenvalue weighted by molar-refractivity contribution is 5.99. The van der Waals surface area contributed by atoms with E-state index < -0.39 is 5.54 Å². The minimum atomic E-state index is -0.567. The number of nitrogens with one attached hydrogen (secondary N) is 1. The highest BCUT2D eigenvalue weighted by Gasteiger charge is 2.37. The summed E-state index contributed by atoms with van der Waals surface area (Å²) in [6, 6.07) is 4.16. The zero-order valence-corrected chi connectivity index (χ0v) is 12.3. The number of carbonyl (C=O) groups is 1. The molecule has 22 heavy (non-hydrogen) atoms. The van der Waals surface area contributed by atoms with Gasteiger partial charge in [0.2, 0.25) is 0 Å². The van der Waals surface area contributed by atoms with E-state index >= 15 is 0 Å². The normalized spacial score (nSPS) is 21.4. The lowest BCUT2D eigenvalue weighted by Gasteiger charge is -2.27. The molecule has 1 aromatic heterocycles. The van der Waals surface area contributed by atoms with E-state index in [1.807, 2.05) is 0 Å². The van der Waals surface area contributed by atoms with Gasteiger partial charge in [0.15, 0.2) is 5.76 Å². The third-order valence-electron chi connectivity index (χ3n) is 4.18. The summed E-state index contributed by atoms with van der Waals surface area (Å²) in [5, 5.41) is 12.7. The molecular weight excluding hydrogens is 289 g/mol. The van der Waals surface area contributed by atoms with Gasteiger partial charge >= 0.3 is 0 Å². The van der Waals surface area contributed by atoms with Crippen molar-refractivity contribution < 1.29 is 23.4 Å². The minimum absolute atomic E-state index is 0.0338. The summed E-state index contributed by atoms with van der Waals surface area (Å²) in [5.74, 6) is -0.567. The van der Waals surface area contributed by atoms with Crippen LogP contribution in [-0.4, -0.2) is 36.4 Å². The molecule has 1 atom stereocenters. The molecule has 1 aliphatic rings. The zero-order chi connectivity index (χ0) is 15.7.